The summed E-state index contributed by atoms with van der Waals surface area (Å²) in [6.07, 6.45) is 16.0. The van der Waals surface area contributed by atoms with Gasteiger partial charge in [0, 0.05) is 13.0 Å². The van der Waals surface area contributed by atoms with Crippen LogP contribution in [0.1, 0.15) is 138 Å². The minimum absolute atomic E-state index is 0.107. The summed E-state index contributed by atoms with van der Waals surface area (Å²) in [6, 6.07) is 0. The van der Waals surface area contributed by atoms with Crippen LogP contribution in [-0.2, 0) is 33.2 Å². The van der Waals surface area contributed by atoms with Gasteiger partial charge < -0.3 is 43.4 Å². The molecule has 0 saturated carbocycles. The number of aldehydes is 1. The van der Waals surface area contributed by atoms with Crippen molar-refractivity contribution in [1.29, 1.82) is 0 Å². The Kier molecular flexibility index (Phi) is 19.8. The van der Waals surface area contributed by atoms with Gasteiger partial charge in [0.2, 0.25) is 0 Å². The predicted octanol–water partition coefficient (Wildman–Crippen LogP) is 6.45. The van der Waals surface area contributed by atoms with Crippen molar-refractivity contribution >= 4 is 6.29 Å². The molecule has 0 aromatic rings. The maximum atomic E-state index is 10.0. The quantitative estimate of drug-likeness (QED) is 0.143. The van der Waals surface area contributed by atoms with E-state index in [4.69, 9.17) is 33.5 Å². The number of aliphatic hydroxyl groups excluding tert-OH is 2. The van der Waals surface area contributed by atoms with Crippen LogP contribution in [0.3, 0.4) is 0 Å². The Balaban J connectivity index is 0.000000340. The van der Waals surface area contributed by atoms with Crippen LogP contribution in [0, 0.1) is 0 Å². The third-order valence-electron chi connectivity index (χ3n) is 7.46. The molecule has 0 radical (unpaired) electrons. The molecule has 3 aliphatic rings. The molecule has 0 amide bonds. The van der Waals surface area contributed by atoms with Gasteiger partial charge >= 0.3 is 0 Å². The van der Waals surface area contributed by atoms with Crippen LogP contribution in [0.2, 0.25) is 0 Å². The van der Waals surface area contributed by atoms with E-state index in [9.17, 15) is 9.90 Å². The monoisotopic (exact) mass is 604 g/mol. The third-order valence-corrected chi connectivity index (χ3v) is 7.46. The molecule has 1 unspecified atom stereocenters. The molecular weight excluding hydrogens is 540 g/mol. The molecule has 0 bridgehead atoms. The fraction of sp³-hybridized carbons (Fsp3) is 0.970. The number of ether oxygens (including phenoxy) is 6. The van der Waals surface area contributed by atoms with E-state index in [0.717, 1.165) is 51.2 Å². The molecule has 4 atom stereocenters. The summed E-state index contributed by atoms with van der Waals surface area (Å²) in [7, 11) is 0. The van der Waals surface area contributed by atoms with Crippen LogP contribution < -0.4 is 0 Å². The van der Waals surface area contributed by atoms with Gasteiger partial charge in [0.1, 0.15) is 6.29 Å². The zero-order chi connectivity index (χ0) is 31.5. The summed E-state index contributed by atoms with van der Waals surface area (Å²) in [5, 5.41) is 18.5. The lowest BCUT2D eigenvalue weighted by atomic mass is 10.0. The molecule has 42 heavy (non-hydrogen) atoms. The van der Waals surface area contributed by atoms with Crippen molar-refractivity contribution in [3.05, 3.63) is 0 Å². The molecule has 2 N–H and O–H groups in total. The minimum Gasteiger partial charge on any atom is -0.396 e. The lowest BCUT2D eigenvalue weighted by Gasteiger charge is -2.18. The Morgan fingerprint density at radius 3 is 1.55 bits per heavy atom. The highest BCUT2D eigenvalue weighted by atomic mass is 16.8. The standard InChI is InChI=1S/C17H34O3.C8H16O3.C8H14O3/c1-4-5-6-7-8-9-10-11-15(18)12-13-16-14-19-17(2,3)20-16;2*1-8(2)10-6-7(11-8)4-3-5-9/h15-16,18H,4-14H2,1-3H3;7,9H,3-6H2,1-2H3;5,7H,3-4,6H2,1-2H3/t15?,16-;2*7-/m000/s1. The van der Waals surface area contributed by atoms with Crippen molar-refractivity contribution in [1.82, 2.24) is 0 Å². The second-order valence-corrected chi connectivity index (χ2v) is 13.1. The summed E-state index contributed by atoms with van der Waals surface area (Å²) in [5.41, 5.74) is 0. The number of hydrogen-bond acceptors (Lipinski definition) is 9. The largest absolute Gasteiger partial charge is 0.396 e. The number of carbonyl (C=O) groups is 1. The molecular formula is C33H64O9. The molecule has 0 aliphatic carbocycles. The van der Waals surface area contributed by atoms with Crippen LogP contribution in [0.4, 0.5) is 0 Å². The van der Waals surface area contributed by atoms with E-state index in [-0.39, 0.29) is 31.0 Å². The molecule has 3 saturated heterocycles. The van der Waals surface area contributed by atoms with E-state index in [1.807, 2.05) is 41.5 Å². The van der Waals surface area contributed by atoms with E-state index in [0.29, 0.717) is 26.2 Å². The van der Waals surface area contributed by atoms with Crippen molar-refractivity contribution < 1.29 is 43.4 Å². The van der Waals surface area contributed by atoms with Crippen molar-refractivity contribution in [2.24, 2.45) is 0 Å². The lowest BCUT2D eigenvalue weighted by Crippen LogP contribution is -2.22. The van der Waals surface area contributed by atoms with Crippen molar-refractivity contribution in [3.63, 3.8) is 0 Å². The van der Waals surface area contributed by atoms with Crippen LogP contribution in [0.15, 0.2) is 0 Å². The second-order valence-electron chi connectivity index (χ2n) is 13.1. The third kappa shape index (κ3) is 19.6. The van der Waals surface area contributed by atoms with Crippen LogP contribution in [0.25, 0.3) is 0 Å². The maximum absolute atomic E-state index is 10.0. The normalized spacial score (nSPS) is 26.2. The van der Waals surface area contributed by atoms with Gasteiger partial charge in [-0.2, -0.15) is 0 Å². The zero-order valence-corrected chi connectivity index (χ0v) is 27.9. The fourth-order valence-corrected chi connectivity index (χ4v) is 5.15. The first kappa shape index (κ1) is 39.4. The highest BCUT2D eigenvalue weighted by Gasteiger charge is 2.33. The first-order valence-electron chi connectivity index (χ1n) is 16.5. The molecule has 250 valence electrons. The van der Waals surface area contributed by atoms with Gasteiger partial charge in [0.15, 0.2) is 17.4 Å². The Morgan fingerprint density at radius 2 is 1.12 bits per heavy atom. The zero-order valence-electron chi connectivity index (χ0n) is 27.9. The van der Waals surface area contributed by atoms with E-state index >= 15 is 0 Å². The smallest absolute Gasteiger partial charge is 0.163 e. The number of carbonyl (C=O) groups excluding carboxylic acids is 1. The number of aliphatic hydroxyl groups is 2. The molecule has 3 heterocycles. The topological polar surface area (TPSA) is 113 Å². The number of unbranched alkanes of at least 4 members (excludes halogenated alkanes) is 6. The molecule has 0 aromatic heterocycles. The molecule has 0 aromatic carbocycles. The van der Waals surface area contributed by atoms with Crippen LogP contribution in [0.5, 0.6) is 0 Å². The van der Waals surface area contributed by atoms with Gasteiger partial charge in [-0.05, 0) is 80.1 Å². The van der Waals surface area contributed by atoms with Gasteiger partial charge in [-0.1, -0.05) is 51.9 Å². The first-order chi connectivity index (χ1) is 19.8. The van der Waals surface area contributed by atoms with Gasteiger partial charge in [-0.15, -0.1) is 0 Å². The molecule has 0 spiro atoms. The van der Waals surface area contributed by atoms with Gasteiger partial charge in [0.05, 0.1) is 44.2 Å². The first-order valence-corrected chi connectivity index (χ1v) is 16.5. The van der Waals surface area contributed by atoms with Crippen molar-refractivity contribution in [2.75, 3.05) is 26.4 Å². The number of hydrogen-bond donors (Lipinski definition) is 2. The summed E-state index contributed by atoms with van der Waals surface area (Å²) < 4.78 is 32.9. The summed E-state index contributed by atoms with van der Waals surface area (Å²) in [4.78, 5) is 10.0. The minimum atomic E-state index is -0.451. The Morgan fingerprint density at radius 1 is 0.667 bits per heavy atom. The van der Waals surface area contributed by atoms with Crippen LogP contribution >= 0.6 is 0 Å². The summed E-state index contributed by atoms with van der Waals surface area (Å²) >= 11 is 0. The summed E-state index contributed by atoms with van der Waals surface area (Å²) in [6.45, 7) is 15.9. The fourth-order valence-electron chi connectivity index (χ4n) is 5.15. The predicted molar refractivity (Wildman–Crippen MR) is 164 cm³/mol. The molecule has 9 heteroatoms. The van der Waals surface area contributed by atoms with E-state index in [1.165, 1.54) is 38.5 Å². The SMILES string of the molecule is CC1(C)OC[C@H](CCC=O)O1.CC1(C)OC[C@H](CCCO)O1.CCCCCCCCCC(O)CC[C@H]1COC(C)(C)O1. The van der Waals surface area contributed by atoms with E-state index < -0.39 is 17.4 Å². The van der Waals surface area contributed by atoms with Gasteiger partial charge in [-0.25, -0.2) is 0 Å². The van der Waals surface area contributed by atoms with Crippen LogP contribution in [-0.4, -0.2) is 84.7 Å². The lowest BCUT2D eigenvalue weighted by molar-refractivity contribution is -0.140. The van der Waals surface area contributed by atoms with E-state index in [2.05, 4.69) is 6.92 Å². The molecule has 3 rings (SSSR count). The maximum Gasteiger partial charge on any atom is 0.163 e. The average molecular weight is 605 g/mol. The second kappa shape index (κ2) is 21.2. The van der Waals surface area contributed by atoms with Gasteiger partial charge in [-0.3, -0.25) is 0 Å². The van der Waals surface area contributed by atoms with Crippen molar-refractivity contribution in [2.45, 2.75) is 180 Å². The Bertz CT molecular complexity index is 682. The molecule has 9 nitrogen and oxygen atoms in total. The number of rotatable bonds is 17. The van der Waals surface area contributed by atoms with E-state index in [1.54, 1.807) is 0 Å². The Hall–Kier alpha value is -0.650. The molecule has 3 aliphatic heterocycles. The summed E-state index contributed by atoms with van der Waals surface area (Å²) in [5.74, 6) is -1.30. The highest BCUT2D eigenvalue weighted by Crippen LogP contribution is 2.26. The molecule has 3 fully saturated rings. The Labute approximate surface area is 256 Å². The van der Waals surface area contributed by atoms with Crippen molar-refractivity contribution in [3.8, 4) is 0 Å². The van der Waals surface area contributed by atoms with Gasteiger partial charge in [0.25, 0.3) is 0 Å². The average Bonchev–Trinajstić information content (AvgIpc) is 3.59. The highest BCUT2D eigenvalue weighted by molar-refractivity contribution is 5.49.